The van der Waals surface area contributed by atoms with Gasteiger partial charge >= 0.3 is 0 Å². The highest BCUT2D eigenvalue weighted by atomic mass is 16.5. The second kappa shape index (κ2) is 9.40. The SMILES string of the molecule is CCc1oc2ccccc2c1CN(C)C(=O)c1ccc(OCc2c(C)noc2C)c(OC)c1. The number of furan rings is 1. The normalized spacial score (nSPS) is 11.1. The van der Waals surface area contributed by atoms with Crippen LogP contribution in [0.5, 0.6) is 11.5 Å². The largest absolute Gasteiger partial charge is 0.493 e. The number of hydrogen-bond donors (Lipinski definition) is 0. The molecule has 0 saturated carbocycles. The molecule has 2 heterocycles. The highest BCUT2D eigenvalue weighted by Crippen LogP contribution is 2.31. The number of fused-ring (bicyclic) bond motifs is 1. The molecule has 0 atom stereocenters. The third-order valence-electron chi connectivity index (χ3n) is 5.81. The molecule has 7 nitrogen and oxygen atoms in total. The predicted molar refractivity (Wildman–Crippen MR) is 125 cm³/mol. The van der Waals surface area contributed by atoms with Crippen molar-refractivity contribution in [2.24, 2.45) is 0 Å². The third kappa shape index (κ3) is 4.44. The van der Waals surface area contributed by atoms with Gasteiger partial charge in [-0.2, -0.15) is 0 Å². The van der Waals surface area contributed by atoms with E-state index in [0.717, 1.165) is 45.7 Å². The first kappa shape index (κ1) is 22.5. The summed E-state index contributed by atoms with van der Waals surface area (Å²) in [7, 11) is 3.35. The fraction of sp³-hybridized carbons (Fsp3) is 0.308. The minimum atomic E-state index is -0.113. The van der Waals surface area contributed by atoms with Crippen molar-refractivity contribution in [2.75, 3.05) is 14.2 Å². The summed E-state index contributed by atoms with van der Waals surface area (Å²) in [6.07, 6.45) is 0.761. The summed E-state index contributed by atoms with van der Waals surface area (Å²) < 4.78 is 22.6. The number of hydrogen-bond acceptors (Lipinski definition) is 6. The molecule has 4 aromatic rings. The molecule has 0 aliphatic rings. The zero-order valence-electron chi connectivity index (χ0n) is 19.6. The van der Waals surface area contributed by atoms with Crippen molar-refractivity contribution >= 4 is 16.9 Å². The minimum Gasteiger partial charge on any atom is -0.493 e. The van der Waals surface area contributed by atoms with Crippen molar-refractivity contribution in [3.8, 4) is 11.5 Å². The Bertz CT molecular complexity index is 1270. The van der Waals surface area contributed by atoms with Crippen LogP contribution >= 0.6 is 0 Å². The molecular weight excluding hydrogens is 420 g/mol. The van der Waals surface area contributed by atoms with Gasteiger partial charge in [-0.15, -0.1) is 0 Å². The van der Waals surface area contributed by atoms with Gasteiger partial charge < -0.3 is 23.3 Å². The van der Waals surface area contributed by atoms with Gasteiger partial charge in [-0.05, 0) is 38.1 Å². The number of amides is 1. The molecule has 0 unspecified atom stereocenters. The molecule has 0 aliphatic heterocycles. The highest BCUT2D eigenvalue weighted by molar-refractivity contribution is 5.95. The van der Waals surface area contributed by atoms with Gasteiger partial charge in [0.1, 0.15) is 23.7 Å². The lowest BCUT2D eigenvalue weighted by atomic mass is 10.1. The summed E-state index contributed by atoms with van der Waals surface area (Å²) >= 11 is 0. The van der Waals surface area contributed by atoms with E-state index < -0.39 is 0 Å². The first-order valence-corrected chi connectivity index (χ1v) is 10.9. The smallest absolute Gasteiger partial charge is 0.254 e. The number of carbonyl (C=O) groups is 1. The Balaban J connectivity index is 1.52. The van der Waals surface area contributed by atoms with E-state index in [0.29, 0.717) is 30.2 Å². The second-order valence-corrected chi connectivity index (χ2v) is 7.97. The standard InChI is InChI=1S/C26H28N2O5/c1-6-22-20(19-9-7-8-10-23(19)32-22)14-28(4)26(29)18-11-12-24(25(13-18)30-5)31-15-21-16(2)27-33-17(21)3/h7-13H,6,14-15H2,1-5H3. The summed E-state index contributed by atoms with van der Waals surface area (Å²) in [6, 6.07) is 13.1. The molecule has 0 spiro atoms. The summed E-state index contributed by atoms with van der Waals surface area (Å²) in [5, 5.41) is 4.98. The molecule has 2 aromatic heterocycles. The zero-order valence-corrected chi connectivity index (χ0v) is 19.6. The van der Waals surface area contributed by atoms with Gasteiger partial charge in [-0.25, -0.2) is 0 Å². The molecule has 0 saturated heterocycles. The Hall–Kier alpha value is -3.74. The van der Waals surface area contributed by atoms with Crippen LogP contribution in [0.4, 0.5) is 0 Å². The number of benzene rings is 2. The molecule has 0 N–H and O–H groups in total. The number of carbonyl (C=O) groups excluding carboxylic acids is 1. The minimum absolute atomic E-state index is 0.113. The number of para-hydroxylation sites is 1. The summed E-state index contributed by atoms with van der Waals surface area (Å²) in [5.74, 6) is 2.54. The van der Waals surface area contributed by atoms with E-state index in [-0.39, 0.29) is 5.91 Å². The van der Waals surface area contributed by atoms with E-state index in [2.05, 4.69) is 12.1 Å². The maximum absolute atomic E-state index is 13.2. The number of aryl methyl sites for hydroxylation is 3. The summed E-state index contributed by atoms with van der Waals surface area (Å²) in [5.41, 5.74) is 4.08. The third-order valence-corrected chi connectivity index (χ3v) is 5.81. The Morgan fingerprint density at radius 3 is 2.58 bits per heavy atom. The van der Waals surface area contributed by atoms with Crippen LogP contribution in [0.15, 0.2) is 51.4 Å². The number of methoxy groups -OCH3 is 1. The number of nitrogens with zero attached hydrogens (tertiary/aromatic N) is 2. The van der Waals surface area contributed by atoms with Crippen molar-refractivity contribution in [1.29, 1.82) is 0 Å². The summed E-state index contributed by atoms with van der Waals surface area (Å²) in [4.78, 5) is 14.9. The average Bonchev–Trinajstić information content (AvgIpc) is 3.35. The van der Waals surface area contributed by atoms with Crippen LogP contribution in [-0.2, 0) is 19.6 Å². The molecule has 0 radical (unpaired) electrons. The molecule has 33 heavy (non-hydrogen) atoms. The van der Waals surface area contributed by atoms with E-state index in [1.54, 1.807) is 37.3 Å². The fourth-order valence-electron chi connectivity index (χ4n) is 3.92. The van der Waals surface area contributed by atoms with Gasteiger partial charge in [0.15, 0.2) is 11.5 Å². The molecule has 0 bridgehead atoms. The van der Waals surface area contributed by atoms with Gasteiger partial charge in [0.05, 0.1) is 18.4 Å². The molecule has 1 amide bonds. The predicted octanol–water partition coefficient (Wildman–Crippen LogP) is 5.46. The van der Waals surface area contributed by atoms with E-state index in [1.807, 2.05) is 38.1 Å². The summed E-state index contributed by atoms with van der Waals surface area (Å²) in [6.45, 7) is 6.52. The van der Waals surface area contributed by atoms with Crippen LogP contribution in [-0.4, -0.2) is 30.1 Å². The molecule has 0 aliphatic carbocycles. The first-order chi connectivity index (χ1) is 15.9. The van der Waals surface area contributed by atoms with Gasteiger partial charge in [0.25, 0.3) is 5.91 Å². The van der Waals surface area contributed by atoms with E-state index in [1.165, 1.54) is 0 Å². The number of ether oxygens (including phenoxy) is 2. The lowest BCUT2D eigenvalue weighted by Gasteiger charge is -2.19. The van der Waals surface area contributed by atoms with Crippen LogP contribution in [0.25, 0.3) is 11.0 Å². The molecule has 2 aromatic carbocycles. The number of rotatable bonds is 8. The zero-order chi connectivity index (χ0) is 23.5. The van der Waals surface area contributed by atoms with Crippen molar-refractivity contribution in [3.05, 3.63) is 76.4 Å². The van der Waals surface area contributed by atoms with Crippen LogP contribution < -0.4 is 9.47 Å². The van der Waals surface area contributed by atoms with Gasteiger partial charge in [0, 0.05) is 36.5 Å². The van der Waals surface area contributed by atoms with Crippen LogP contribution in [0, 0.1) is 13.8 Å². The fourth-order valence-corrected chi connectivity index (χ4v) is 3.92. The Morgan fingerprint density at radius 1 is 1.09 bits per heavy atom. The Labute approximate surface area is 192 Å². The average molecular weight is 449 g/mol. The van der Waals surface area contributed by atoms with Crippen LogP contribution in [0.2, 0.25) is 0 Å². The second-order valence-electron chi connectivity index (χ2n) is 7.97. The van der Waals surface area contributed by atoms with E-state index >= 15 is 0 Å². The monoisotopic (exact) mass is 448 g/mol. The molecule has 0 fully saturated rings. The van der Waals surface area contributed by atoms with Crippen molar-refractivity contribution < 1.29 is 23.2 Å². The van der Waals surface area contributed by atoms with Crippen LogP contribution in [0.3, 0.4) is 0 Å². The molecule has 4 rings (SSSR count). The molecular formula is C26H28N2O5. The van der Waals surface area contributed by atoms with Crippen molar-refractivity contribution in [2.45, 2.75) is 40.3 Å². The first-order valence-electron chi connectivity index (χ1n) is 10.9. The Kier molecular flexibility index (Phi) is 6.40. The maximum atomic E-state index is 13.2. The molecule has 172 valence electrons. The highest BCUT2D eigenvalue weighted by Gasteiger charge is 2.20. The van der Waals surface area contributed by atoms with Gasteiger partial charge in [-0.3, -0.25) is 4.79 Å². The van der Waals surface area contributed by atoms with E-state index in [4.69, 9.17) is 18.4 Å². The lowest BCUT2D eigenvalue weighted by molar-refractivity contribution is 0.0784. The van der Waals surface area contributed by atoms with E-state index in [9.17, 15) is 4.79 Å². The van der Waals surface area contributed by atoms with Crippen molar-refractivity contribution in [1.82, 2.24) is 10.1 Å². The lowest BCUT2D eigenvalue weighted by Crippen LogP contribution is -2.26. The number of aromatic nitrogens is 1. The quantitative estimate of drug-likeness (QED) is 0.356. The molecule has 7 heteroatoms. The van der Waals surface area contributed by atoms with Gasteiger partial charge in [0.2, 0.25) is 0 Å². The Morgan fingerprint density at radius 2 is 1.88 bits per heavy atom. The van der Waals surface area contributed by atoms with Crippen molar-refractivity contribution in [3.63, 3.8) is 0 Å². The topological polar surface area (TPSA) is 77.9 Å². The van der Waals surface area contributed by atoms with Crippen LogP contribution in [0.1, 0.15) is 45.6 Å². The van der Waals surface area contributed by atoms with Gasteiger partial charge in [-0.1, -0.05) is 30.3 Å². The maximum Gasteiger partial charge on any atom is 0.254 e.